The Labute approximate surface area is 221 Å². The summed E-state index contributed by atoms with van der Waals surface area (Å²) in [6.07, 6.45) is 3.29. The van der Waals surface area contributed by atoms with Crippen LogP contribution in [0.15, 0.2) is 65.8 Å². The van der Waals surface area contributed by atoms with Gasteiger partial charge in [-0.05, 0) is 71.5 Å². The van der Waals surface area contributed by atoms with Gasteiger partial charge in [0.1, 0.15) is 11.6 Å². The molecule has 4 rings (SSSR count). The number of pyridine rings is 1. The number of amides is 1. The second-order valence-corrected chi connectivity index (χ2v) is 12.8. The lowest BCUT2D eigenvalue weighted by Crippen LogP contribution is -2.62. The predicted octanol–water partition coefficient (Wildman–Crippen LogP) is 4.57. The number of benzene rings is 2. The molecule has 37 heavy (non-hydrogen) atoms. The van der Waals surface area contributed by atoms with Crippen molar-refractivity contribution in [3.8, 4) is 0 Å². The molecule has 1 fully saturated rings. The molecule has 0 bridgehead atoms. The first-order chi connectivity index (χ1) is 17.3. The molecule has 1 aliphatic heterocycles. The third kappa shape index (κ3) is 4.83. The zero-order chi connectivity index (χ0) is 27.2. The highest BCUT2D eigenvalue weighted by molar-refractivity contribution is 7.89. The van der Waals surface area contributed by atoms with Gasteiger partial charge in [0.2, 0.25) is 15.9 Å². The molecule has 0 radical (unpaired) electrons. The highest BCUT2D eigenvalue weighted by atomic mass is 35.5. The summed E-state index contributed by atoms with van der Waals surface area (Å²) in [5.74, 6) is -1.66. The summed E-state index contributed by atoms with van der Waals surface area (Å²) in [6.45, 7) is 6.86. The fourth-order valence-electron chi connectivity index (χ4n) is 4.74. The van der Waals surface area contributed by atoms with Crippen LogP contribution in [0.2, 0.25) is 5.02 Å². The van der Waals surface area contributed by atoms with Crippen LogP contribution in [0.4, 0.5) is 0 Å². The molecule has 0 spiro atoms. The number of carbonyl (C=O) groups is 2. The van der Waals surface area contributed by atoms with Gasteiger partial charge in [0.05, 0.1) is 4.90 Å². The van der Waals surface area contributed by atoms with Crippen molar-refractivity contribution < 1.29 is 23.1 Å². The minimum absolute atomic E-state index is 0.0412. The number of likely N-dealkylation sites (tertiary alicyclic amines) is 1. The van der Waals surface area contributed by atoms with Crippen LogP contribution in [0.1, 0.15) is 39.7 Å². The van der Waals surface area contributed by atoms with Crippen molar-refractivity contribution in [3.05, 3.63) is 71.5 Å². The predicted molar refractivity (Wildman–Crippen MR) is 142 cm³/mol. The van der Waals surface area contributed by atoms with E-state index in [-0.39, 0.29) is 24.4 Å². The van der Waals surface area contributed by atoms with E-state index in [2.05, 4.69) is 4.98 Å². The summed E-state index contributed by atoms with van der Waals surface area (Å²) >= 11 is 6.08. The van der Waals surface area contributed by atoms with Crippen molar-refractivity contribution in [2.45, 2.75) is 57.1 Å². The molecule has 0 unspecified atom stereocenters. The number of aliphatic carboxylic acids is 1. The molecule has 10 heteroatoms. The van der Waals surface area contributed by atoms with Crippen molar-refractivity contribution in [3.63, 3.8) is 0 Å². The van der Waals surface area contributed by atoms with Crippen LogP contribution in [0, 0.1) is 5.41 Å². The van der Waals surface area contributed by atoms with Gasteiger partial charge in [-0.2, -0.15) is 4.31 Å². The highest BCUT2D eigenvalue weighted by Gasteiger charge is 2.56. The topological polar surface area (TPSA) is 108 Å². The number of hydrogen-bond donors (Lipinski definition) is 1. The number of sulfonamides is 1. The van der Waals surface area contributed by atoms with E-state index in [0.29, 0.717) is 16.0 Å². The fraction of sp³-hybridized carbons (Fsp3) is 0.370. The average molecular weight is 544 g/mol. The van der Waals surface area contributed by atoms with Gasteiger partial charge in [-0.1, -0.05) is 44.5 Å². The Morgan fingerprint density at radius 1 is 1.08 bits per heavy atom. The highest BCUT2D eigenvalue weighted by Crippen LogP contribution is 2.40. The summed E-state index contributed by atoms with van der Waals surface area (Å²) < 4.78 is 29.3. The summed E-state index contributed by atoms with van der Waals surface area (Å²) in [4.78, 5) is 31.5. The van der Waals surface area contributed by atoms with E-state index in [9.17, 15) is 23.1 Å². The number of fused-ring (bicyclic) bond motifs is 1. The van der Waals surface area contributed by atoms with Crippen LogP contribution in [0.5, 0.6) is 0 Å². The Morgan fingerprint density at radius 2 is 1.70 bits per heavy atom. The maximum absolute atomic E-state index is 14.1. The standard InChI is InChI=1S/C27H30ClN3O5S/c1-26(2,3)27(4,25(33)34)30-14-11-23(24(30)32)31(17-18-9-12-29-13-10-18)37(35,36)22-8-6-19-15-21(28)7-5-20(19)16-22/h5-10,12-13,15-16,23H,11,14,17H2,1-4H3,(H,33,34)/t23-,27+/m0/s1. The normalized spacial score (nSPS) is 18.4. The minimum Gasteiger partial charge on any atom is -0.479 e. The second-order valence-electron chi connectivity index (χ2n) is 10.5. The van der Waals surface area contributed by atoms with E-state index < -0.39 is 38.9 Å². The molecule has 1 aliphatic rings. The van der Waals surface area contributed by atoms with Gasteiger partial charge < -0.3 is 10.0 Å². The Hall–Kier alpha value is -3.01. The van der Waals surface area contributed by atoms with Gasteiger partial charge in [0.15, 0.2) is 0 Å². The molecule has 2 atom stereocenters. The Morgan fingerprint density at radius 3 is 2.32 bits per heavy atom. The molecule has 0 aliphatic carbocycles. The minimum atomic E-state index is -4.16. The van der Waals surface area contributed by atoms with Crippen LogP contribution in [0.25, 0.3) is 10.8 Å². The molecular formula is C27H30ClN3O5S. The van der Waals surface area contributed by atoms with Crippen molar-refractivity contribution in [1.29, 1.82) is 0 Å². The number of halogens is 1. The van der Waals surface area contributed by atoms with Gasteiger partial charge in [-0.25, -0.2) is 13.2 Å². The first-order valence-electron chi connectivity index (χ1n) is 11.9. The first kappa shape index (κ1) is 27.0. The SMILES string of the molecule is CC(C)(C)[C@@](C)(C(=O)O)N1CC[C@H](N(Cc2ccncc2)S(=O)(=O)c2ccc3cc(Cl)ccc3c2)C1=O. The maximum Gasteiger partial charge on any atom is 0.329 e. The smallest absolute Gasteiger partial charge is 0.329 e. The van der Waals surface area contributed by atoms with Crippen LogP contribution in [-0.4, -0.2) is 57.7 Å². The van der Waals surface area contributed by atoms with Gasteiger partial charge in [0.25, 0.3) is 0 Å². The van der Waals surface area contributed by atoms with Crippen molar-refractivity contribution in [1.82, 2.24) is 14.2 Å². The number of aromatic nitrogens is 1. The molecule has 1 N–H and O–H groups in total. The summed E-state index contributed by atoms with van der Waals surface area (Å²) in [7, 11) is -4.16. The molecule has 196 valence electrons. The lowest BCUT2D eigenvalue weighted by atomic mass is 9.73. The number of hydrogen-bond acceptors (Lipinski definition) is 5. The second kappa shape index (κ2) is 9.70. The lowest BCUT2D eigenvalue weighted by Gasteiger charge is -2.45. The molecule has 1 saturated heterocycles. The quantitative estimate of drug-likeness (QED) is 0.467. The summed E-state index contributed by atoms with van der Waals surface area (Å²) in [5, 5.41) is 12.1. The molecule has 0 saturated carbocycles. The van der Waals surface area contributed by atoms with E-state index in [1.54, 1.807) is 75.6 Å². The van der Waals surface area contributed by atoms with Gasteiger partial charge >= 0.3 is 5.97 Å². The fourth-order valence-corrected chi connectivity index (χ4v) is 6.56. The monoisotopic (exact) mass is 543 g/mol. The zero-order valence-corrected chi connectivity index (χ0v) is 22.8. The number of carboxylic acid groups (broad SMARTS) is 1. The molecule has 1 aromatic heterocycles. The van der Waals surface area contributed by atoms with Crippen LogP contribution in [0.3, 0.4) is 0 Å². The van der Waals surface area contributed by atoms with E-state index in [0.717, 1.165) is 5.39 Å². The zero-order valence-electron chi connectivity index (χ0n) is 21.2. The van der Waals surface area contributed by atoms with E-state index >= 15 is 0 Å². The third-order valence-electron chi connectivity index (χ3n) is 7.41. The largest absolute Gasteiger partial charge is 0.479 e. The molecule has 2 aromatic carbocycles. The van der Waals surface area contributed by atoms with Crippen LogP contribution in [-0.2, 0) is 26.2 Å². The lowest BCUT2D eigenvalue weighted by molar-refractivity contribution is -0.164. The van der Waals surface area contributed by atoms with E-state index in [1.165, 1.54) is 22.2 Å². The van der Waals surface area contributed by atoms with Crippen molar-refractivity contribution in [2.75, 3.05) is 6.54 Å². The third-order valence-corrected chi connectivity index (χ3v) is 9.50. The molecule has 1 amide bonds. The number of carboxylic acids is 1. The number of carbonyl (C=O) groups excluding carboxylic acids is 1. The van der Waals surface area contributed by atoms with Gasteiger partial charge in [-0.3, -0.25) is 9.78 Å². The van der Waals surface area contributed by atoms with E-state index in [4.69, 9.17) is 11.6 Å². The van der Waals surface area contributed by atoms with Crippen molar-refractivity contribution >= 4 is 44.3 Å². The molecule has 3 aromatic rings. The van der Waals surface area contributed by atoms with E-state index in [1.807, 2.05) is 0 Å². The average Bonchev–Trinajstić information content (AvgIpc) is 3.22. The van der Waals surface area contributed by atoms with Crippen molar-refractivity contribution in [2.24, 2.45) is 5.41 Å². The Balaban J connectivity index is 1.79. The number of nitrogens with zero attached hydrogens (tertiary/aromatic N) is 3. The maximum atomic E-state index is 14.1. The number of rotatable bonds is 7. The molecule has 8 nitrogen and oxygen atoms in total. The van der Waals surface area contributed by atoms with Crippen LogP contribution >= 0.6 is 11.6 Å². The Bertz CT molecular complexity index is 1460. The van der Waals surface area contributed by atoms with Gasteiger partial charge in [0, 0.05) is 30.5 Å². The molecular weight excluding hydrogens is 514 g/mol. The summed E-state index contributed by atoms with van der Waals surface area (Å²) in [5.41, 5.74) is -1.65. The summed E-state index contributed by atoms with van der Waals surface area (Å²) in [6, 6.07) is 12.3. The van der Waals surface area contributed by atoms with Crippen LogP contribution < -0.4 is 0 Å². The van der Waals surface area contributed by atoms with Gasteiger partial charge in [-0.15, -0.1) is 0 Å². The Kier molecular flexibility index (Phi) is 7.09. The molecule has 2 heterocycles. The first-order valence-corrected chi connectivity index (χ1v) is 13.7.